The van der Waals surface area contributed by atoms with E-state index in [2.05, 4.69) is 9.38 Å². The molecule has 6 nitrogen and oxygen atoms in total. The molecule has 7 heteroatoms. The van der Waals surface area contributed by atoms with E-state index in [-0.39, 0.29) is 11.8 Å². The third-order valence-corrected chi connectivity index (χ3v) is 5.14. The number of rotatable bonds is 1. The van der Waals surface area contributed by atoms with Gasteiger partial charge in [0.25, 0.3) is 10.0 Å². The molecule has 2 aliphatic heterocycles. The summed E-state index contributed by atoms with van der Waals surface area (Å²) in [5, 5.41) is 0. The summed E-state index contributed by atoms with van der Waals surface area (Å²) in [4.78, 5) is 6.20. The van der Waals surface area contributed by atoms with Crippen LogP contribution in [-0.4, -0.2) is 34.5 Å². The van der Waals surface area contributed by atoms with Crippen LogP contribution in [-0.2, 0) is 17.1 Å². The van der Waals surface area contributed by atoms with Crippen molar-refractivity contribution in [1.82, 2.24) is 14.5 Å². The molecule has 2 aliphatic rings. The number of amidine groups is 1. The lowest BCUT2D eigenvalue weighted by Gasteiger charge is -2.34. The zero-order chi connectivity index (χ0) is 15.3. The van der Waals surface area contributed by atoms with Crippen molar-refractivity contribution in [2.75, 3.05) is 5.75 Å². The molecule has 22 heavy (non-hydrogen) atoms. The molecule has 0 saturated heterocycles. The highest BCUT2D eigenvalue weighted by Gasteiger charge is 2.33. The topological polar surface area (TPSA) is 67.6 Å². The molecule has 0 spiro atoms. The van der Waals surface area contributed by atoms with Crippen molar-refractivity contribution in [2.45, 2.75) is 6.04 Å². The maximum atomic E-state index is 12.1. The van der Waals surface area contributed by atoms with Gasteiger partial charge in [0.2, 0.25) is 0 Å². The fraction of sp³-hybridized carbons (Fsp3) is 0.200. The number of sulfonamides is 1. The molecule has 3 heterocycles. The largest absolute Gasteiger partial charge is 0.334 e. The summed E-state index contributed by atoms with van der Waals surface area (Å²) in [7, 11) is -1.54. The molecule has 0 radical (unpaired) electrons. The van der Waals surface area contributed by atoms with E-state index in [1.165, 1.54) is 0 Å². The van der Waals surface area contributed by atoms with Crippen LogP contribution in [0.15, 0.2) is 53.4 Å². The number of aromatic nitrogens is 2. The molecule has 1 aromatic heterocycles. The van der Waals surface area contributed by atoms with Gasteiger partial charge >= 0.3 is 0 Å². The van der Waals surface area contributed by atoms with E-state index in [0.29, 0.717) is 5.84 Å². The monoisotopic (exact) mass is 314 g/mol. The lowest BCUT2D eigenvalue weighted by atomic mass is 10.1. The Morgan fingerprint density at radius 2 is 2.14 bits per heavy atom. The number of allylic oxidation sites excluding steroid dienone is 2. The summed E-state index contributed by atoms with van der Waals surface area (Å²) in [6.45, 7) is 0. The Morgan fingerprint density at radius 3 is 3.00 bits per heavy atom. The molecule has 0 fully saturated rings. The first kappa shape index (κ1) is 13.3. The summed E-state index contributed by atoms with van der Waals surface area (Å²) in [5.74, 6) is 0.432. The number of aryl methyl sites for hydroxylation is 1. The van der Waals surface area contributed by atoms with E-state index >= 15 is 0 Å². The highest BCUT2D eigenvalue weighted by atomic mass is 32.2. The smallest absolute Gasteiger partial charge is 0.257 e. The molecule has 1 aromatic carbocycles. The maximum absolute atomic E-state index is 12.1. The van der Waals surface area contributed by atoms with Gasteiger partial charge in [-0.15, -0.1) is 4.40 Å². The summed E-state index contributed by atoms with van der Waals surface area (Å²) in [5.41, 5.74) is 2.82. The fourth-order valence-electron chi connectivity index (χ4n) is 2.85. The molecule has 1 unspecified atom stereocenters. The van der Waals surface area contributed by atoms with Crippen LogP contribution in [0, 0.1) is 0 Å². The Balaban J connectivity index is 1.86. The molecule has 4 rings (SSSR count). The number of fused-ring (bicyclic) bond motifs is 2. The Kier molecular flexibility index (Phi) is 2.74. The second-order valence-electron chi connectivity index (χ2n) is 5.43. The van der Waals surface area contributed by atoms with Gasteiger partial charge in [0.15, 0.2) is 0 Å². The lowest BCUT2D eigenvalue weighted by Crippen LogP contribution is -2.38. The summed E-state index contributed by atoms with van der Waals surface area (Å²) in [6, 6.07) is 5.58. The Hall–Kier alpha value is -2.41. The van der Waals surface area contributed by atoms with Crippen molar-refractivity contribution < 1.29 is 8.42 Å². The quantitative estimate of drug-likeness (QED) is 0.804. The maximum Gasteiger partial charge on any atom is 0.257 e. The molecule has 0 N–H and O–H groups in total. The fourth-order valence-corrected chi connectivity index (χ4v) is 4.12. The van der Waals surface area contributed by atoms with Crippen molar-refractivity contribution in [3.05, 3.63) is 54.5 Å². The predicted octanol–water partition coefficient (Wildman–Crippen LogP) is 1.74. The summed E-state index contributed by atoms with van der Waals surface area (Å²) in [6.07, 6.45) is 9.00. The van der Waals surface area contributed by atoms with E-state index < -0.39 is 10.0 Å². The minimum Gasteiger partial charge on any atom is -0.334 e. The number of nitrogens with zero attached hydrogens (tertiary/aromatic N) is 4. The van der Waals surface area contributed by atoms with Gasteiger partial charge in [0.05, 0.1) is 29.2 Å². The van der Waals surface area contributed by atoms with Crippen LogP contribution in [0.25, 0.3) is 11.0 Å². The molecule has 0 saturated carbocycles. The SMILES string of the molecule is Cn1cnc2ccc(C3CS(=O)(=O)N=C4C=CC=CN43)cc21. The van der Waals surface area contributed by atoms with Crippen LogP contribution >= 0.6 is 0 Å². The van der Waals surface area contributed by atoms with Gasteiger partial charge in [-0.1, -0.05) is 12.1 Å². The zero-order valence-electron chi connectivity index (χ0n) is 11.9. The molecule has 2 aromatic rings. The van der Waals surface area contributed by atoms with Crippen LogP contribution in [0.5, 0.6) is 0 Å². The average Bonchev–Trinajstić information content (AvgIpc) is 2.86. The van der Waals surface area contributed by atoms with Gasteiger partial charge in [-0.05, 0) is 29.8 Å². The van der Waals surface area contributed by atoms with E-state index in [9.17, 15) is 8.42 Å². The van der Waals surface area contributed by atoms with E-state index in [4.69, 9.17) is 0 Å². The first-order valence-corrected chi connectivity index (χ1v) is 8.51. The predicted molar refractivity (Wildman–Crippen MR) is 84.8 cm³/mol. The second kappa shape index (κ2) is 4.54. The summed E-state index contributed by atoms with van der Waals surface area (Å²) >= 11 is 0. The highest BCUT2D eigenvalue weighted by Crippen LogP contribution is 2.31. The third kappa shape index (κ3) is 2.05. The van der Waals surface area contributed by atoms with Crippen LogP contribution < -0.4 is 0 Å². The second-order valence-corrected chi connectivity index (χ2v) is 7.11. The van der Waals surface area contributed by atoms with Crippen LogP contribution in [0.2, 0.25) is 0 Å². The van der Waals surface area contributed by atoms with E-state index in [1.54, 1.807) is 18.5 Å². The van der Waals surface area contributed by atoms with Crippen LogP contribution in [0.4, 0.5) is 0 Å². The van der Waals surface area contributed by atoms with Crippen molar-refractivity contribution in [2.24, 2.45) is 11.4 Å². The zero-order valence-corrected chi connectivity index (χ0v) is 12.7. The molecule has 0 bridgehead atoms. The lowest BCUT2D eigenvalue weighted by molar-refractivity contribution is 0.432. The summed E-state index contributed by atoms with van der Waals surface area (Å²) < 4.78 is 29.9. The molecule has 0 amide bonds. The van der Waals surface area contributed by atoms with Gasteiger partial charge in [-0.2, -0.15) is 0 Å². The molecule has 112 valence electrons. The average molecular weight is 314 g/mol. The first-order valence-electron chi connectivity index (χ1n) is 6.90. The van der Waals surface area contributed by atoms with Gasteiger partial charge in [-0.25, -0.2) is 13.4 Å². The molecule has 0 aliphatic carbocycles. The number of imidazole rings is 1. The minimum absolute atomic E-state index is 0.0297. The highest BCUT2D eigenvalue weighted by molar-refractivity contribution is 7.90. The Labute approximate surface area is 128 Å². The number of hydrogen-bond acceptors (Lipinski definition) is 4. The molecule has 1 atom stereocenters. The number of benzene rings is 1. The van der Waals surface area contributed by atoms with Crippen molar-refractivity contribution in [1.29, 1.82) is 0 Å². The van der Waals surface area contributed by atoms with E-state index in [1.807, 2.05) is 47.0 Å². The van der Waals surface area contributed by atoms with Gasteiger partial charge in [0.1, 0.15) is 5.84 Å². The molecular weight excluding hydrogens is 300 g/mol. The Morgan fingerprint density at radius 1 is 1.27 bits per heavy atom. The van der Waals surface area contributed by atoms with Crippen molar-refractivity contribution >= 4 is 26.9 Å². The van der Waals surface area contributed by atoms with Gasteiger partial charge in [0, 0.05) is 13.2 Å². The normalized spacial score (nSPS) is 22.7. The first-order chi connectivity index (χ1) is 10.5. The number of hydrogen-bond donors (Lipinski definition) is 0. The van der Waals surface area contributed by atoms with Crippen LogP contribution in [0.3, 0.4) is 0 Å². The Bertz CT molecular complexity index is 953. The minimum atomic E-state index is -3.46. The molecular formula is C15H14N4O2S. The standard InChI is InChI=1S/C15H14N4O2S/c1-18-10-16-12-6-5-11(8-13(12)18)14-9-22(20,21)17-15-4-2-3-7-19(14)15/h2-8,10,14H,9H2,1H3. The van der Waals surface area contributed by atoms with Crippen LogP contribution in [0.1, 0.15) is 11.6 Å². The van der Waals surface area contributed by atoms with Gasteiger partial charge < -0.3 is 9.47 Å². The van der Waals surface area contributed by atoms with Crippen molar-refractivity contribution in [3.63, 3.8) is 0 Å². The third-order valence-electron chi connectivity index (χ3n) is 3.94. The van der Waals surface area contributed by atoms with E-state index in [0.717, 1.165) is 16.6 Å². The van der Waals surface area contributed by atoms with Gasteiger partial charge in [-0.3, -0.25) is 0 Å². The van der Waals surface area contributed by atoms with Crippen molar-refractivity contribution in [3.8, 4) is 0 Å².